The van der Waals surface area contributed by atoms with Crippen molar-refractivity contribution in [3.8, 4) is 5.75 Å². The van der Waals surface area contributed by atoms with E-state index >= 15 is 0 Å². The first-order valence-electron chi connectivity index (χ1n) is 12.4. The molecular weight excluding hydrogens is 484 g/mol. The first kappa shape index (κ1) is 28.1. The molecule has 3 heterocycles. The predicted molar refractivity (Wildman–Crippen MR) is 137 cm³/mol. The van der Waals surface area contributed by atoms with Gasteiger partial charge >= 0.3 is 18.3 Å². The van der Waals surface area contributed by atoms with Gasteiger partial charge < -0.3 is 29.1 Å². The lowest BCUT2D eigenvalue weighted by Gasteiger charge is -2.35. The van der Waals surface area contributed by atoms with Gasteiger partial charge in [0.25, 0.3) is 0 Å². The molecule has 0 bridgehead atoms. The van der Waals surface area contributed by atoms with Crippen LogP contribution in [0.4, 0.5) is 32.0 Å². The summed E-state index contributed by atoms with van der Waals surface area (Å²) in [5.74, 6) is 0.475. The number of fused-ring (bicyclic) bond motifs is 1. The summed E-state index contributed by atoms with van der Waals surface area (Å²) in [6.07, 6.45) is -1.26. The van der Waals surface area contributed by atoms with E-state index in [1.165, 1.54) is 0 Å². The van der Waals surface area contributed by atoms with Crippen molar-refractivity contribution in [1.29, 1.82) is 0 Å². The van der Waals surface area contributed by atoms with E-state index in [-0.39, 0.29) is 30.2 Å². The van der Waals surface area contributed by atoms with Gasteiger partial charge in [-0.15, -0.1) is 0 Å². The van der Waals surface area contributed by atoms with Crippen LogP contribution >= 0.6 is 0 Å². The minimum atomic E-state index is -1.19. The van der Waals surface area contributed by atoms with Gasteiger partial charge in [-0.25, -0.2) is 14.4 Å². The normalized spacial score (nSPS) is 19.6. The first-order chi connectivity index (χ1) is 17.1. The van der Waals surface area contributed by atoms with E-state index < -0.39 is 35.5 Å². The Labute approximate surface area is 217 Å². The fraction of sp³-hybridized carbons (Fsp3) is 0.708. The number of carbonyl (C=O) groups is 3. The highest BCUT2D eigenvalue weighted by Crippen LogP contribution is 2.42. The molecule has 3 amide bonds. The summed E-state index contributed by atoms with van der Waals surface area (Å²) in [4.78, 5) is 50.7. The monoisotopic (exact) mass is 522 g/mol. The number of amides is 3. The minimum absolute atomic E-state index is 0.0469. The number of likely N-dealkylation sites (N-methyl/N-ethyl adjacent to an activating group) is 1. The SMILES string of the molecule is CC[C@@H]1COc2c(N3CC[C@@H](N(C)C(=O)OC(C)(C)C)C3)nc(NC(=O)OC(C)(C)C)nc2N1C(=O)O. The Kier molecular flexibility index (Phi) is 7.94. The highest BCUT2D eigenvalue weighted by Gasteiger charge is 2.39. The largest absolute Gasteiger partial charge is 0.484 e. The second kappa shape index (κ2) is 10.5. The number of hydrogen-bond acceptors (Lipinski definition) is 9. The Bertz CT molecular complexity index is 1040. The van der Waals surface area contributed by atoms with Crippen molar-refractivity contribution >= 4 is 35.9 Å². The summed E-state index contributed by atoms with van der Waals surface area (Å²) in [6.45, 7) is 13.5. The van der Waals surface area contributed by atoms with Crippen molar-refractivity contribution < 1.29 is 33.7 Å². The number of carboxylic acid groups (broad SMARTS) is 1. The highest BCUT2D eigenvalue weighted by molar-refractivity contribution is 5.91. The van der Waals surface area contributed by atoms with Gasteiger partial charge in [0.05, 0.1) is 12.1 Å². The molecule has 1 fully saturated rings. The van der Waals surface area contributed by atoms with Gasteiger partial charge in [0.1, 0.15) is 17.8 Å². The molecule has 2 N–H and O–H groups in total. The van der Waals surface area contributed by atoms with Crippen LogP contribution in [-0.2, 0) is 9.47 Å². The van der Waals surface area contributed by atoms with E-state index in [1.807, 2.05) is 11.8 Å². The topological polar surface area (TPSA) is 147 Å². The molecule has 0 spiro atoms. The summed E-state index contributed by atoms with van der Waals surface area (Å²) >= 11 is 0. The molecular formula is C24H38N6O7. The fourth-order valence-electron chi connectivity index (χ4n) is 4.09. The lowest BCUT2D eigenvalue weighted by molar-refractivity contribution is 0.0237. The van der Waals surface area contributed by atoms with Crippen LogP contribution in [0.2, 0.25) is 0 Å². The second-order valence-electron chi connectivity index (χ2n) is 11.2. The third-order valence-electron chi connectivity index (χ3n) is 5.83. The summed E-state index contributed by atoms with van der Waals surface area (Å²) in [6, 6.07) is -0.628. The predicted octanol–water partition coefficient (Wildman–Crippen LogP) is 3.92. The van der Waals surface area contributed by atoms with Crippen LogP contribution in [-0.4, -0.2) is 88.3 Å². The fourth-order valence-corrected chi connectivity index (χ4v) is 4.09. The smallest absolute Gasteiger partial charge is 0.414 e. The molecule has 13 heteroatoms. The molecule has 0 aromatic carbocycles. The summed E-state index contributed by atoms with van der Waals surface area (Å²) in [5.41, 5.74) is -1.37. The molecule has 0 saturated carbocycles. The standard InChI is InChI=1S/C24H38N6O7/c1-9-14-13-35-16-17(29-11-10-15(12-29)28(8)22(34)37-24(5,6)7)25-19(26-18(16)30(14)21(32)33)27-20(31)36-23(2,3)4/h14-15H,9-13H2,1-8H3,(H,32,33)(H,25,26,27,31)/t14-,15-/m1/s1. The number of nitrogens with zero attached hydrogens (tertiary/aromatic N) is 5. The van der Waals surface area contributed by atoms with E-state index in [2.05, 4.69) is 15.3 Å². The second-order valence-corrected chi connectivity index (χ2v) is 11.2. The summed E-state index contributed by atoms with van der Waals surface area (Å²) in [5, 5.41) is 12.5. The van der Waals surface area contributed by atoms with Crippen LogP contribution in [0, 0.1) is 0 Å². The van der Waals surface area contributed by atoms with Crippen molar-refractivity contribution in [2.75, 3.05) is 41.9 Å². The molecule has 0 aliphatic carbocycles. The molecule has 1 saturated heterocycles. The molecule has 2 atom stereocenters. The zero-order chi connectivity index (χ0) is 27.7. The summed E-state index contributed by atoms with van der Waals surface area (Å²) < 4.78 is 16.8. The maximum Gasteiger partial charge on any atom is 0.414 e. The number of carbonyl (C=O) groups excluding carboxylic acids is 2. The zero-order valence-corrected chi connectivity index (χ0v) is 22.8. The van der Waals surface area contributed by atoms with Crippen LogP contribution in [0.3, 0.4) is 0 Å². The molecule has 0 radical (unpaired) electrons. The number of aromatic nitrogens is 2. The Morgan fingerprint density at radius 2 is 1.73 bits per heavy atom. The van der Waals surface area contributed by atoms with Gasteiger partial charge in [0.15, 0.2) is 11.6 Å². The molecule has 3 rings (SSSR count). The molecule has 206 valence electrons. The number of ether oxygens (including phenoxy) is 3. The van der Waals surface area contributed by atoms with Gasteiger partial charge in [0, 0.05) is 20.1 Å². The van der Waals surface area contributed by atoms with Crippen LogP contribution < -0.4 is 19.9 Å². The molecule has 1 aromatic heterocycles. The maximum atomic E-state index is 12.6. The van der Waals surface area contributed by atoms with Gasteiger partial charge in [-0.3, -0.25) is 10.2 Å². The van der Waals surface area contributed by atoms with Crippen molar-refractivity contribution in [2.45, 2.75) is 84.6 Å². The van der Waals surface area contributed by atoms with E-state index in [4.69, 9.17) is 14.2 Å². The minimum Gasteiger partial charge on any atom is -0.484 e. The number of hydrogen-bond donors (Lipinski definition) is 2. The summed E-state index contributed by atoms with van der Waals surface area (Å²) in [7, 11) is 1.68. The van der Waals surface area contributed by atoms with Gasteiger partial charge in [-0.2, -0.15) is 9.97 Å². The molecule has 0 unspecified atom stereocenters. The van der Waals surface area contributed by atoms with Crippen molar-refractivity contribution in [3.63, 3.8) is 0 Å². The lowest BCUT2D eigenvalue weighted by atomic mass is 10.2. The number of anilines is 3. The van der Waals surface area contributed by atoms with Gasteiger partial charge in [0.2, 0.25) is 11.7 Å². The van der Waals surface area contributed by atoms with E-state index in [0.29, 0.717) is 31.7 Å². The average Bonchev–Trinajstić information content (AvgIpc) is 3.24. The highest BCUT2D eigenvalue weighted by atomic mass is 16.6. The van der Waals surface area contributed by atoms with Crippen LogP contribution in [0.1, 0.15) is 61.3 Å². The van der Waals surface area contributed by atoms with E-state index in [1.54, 1.807) is 53.5 Å². The number of nitrogens with one attached hydrogen (secondary N) is 1. The third kappa shape index (κ3) is 6.83. The Morgan fingerprint density at radius 1 is 1.11 bits per heavy atom. The Hall–Kier alpha value is -3.51. The Balaban J connectivity index is 1.95. The first-order valence-corrected chi connectivity index (χ1v) is 12.4. The molecule has 2 aliphatic rings. The maximum absolute atomic E-state index is 12.6. The van der Waals surface area contributed by atoms with Gasteiger partial charge in [-0.05, 0) is 54.4 Å². The van der Waals surface area contributed by atoms with Crippen molar-refractivity contribution in [2.24, 2.45) is 0 Å². The van der Waals surface area contributed by atoms with Gasteiger partial charge in [-0.1, -0.05) is 6.92 Å². The molecule has 13 nitrogen and oxygen atoms in total. The lowest BCUT2D eigenvalue weighted by Crippen LogP contribution is -2.47. The molecule has 1 aromatic rings. The van der Waals surface area contributed by atoms with Crippen molar-refractivity contribution in [1.82, 2.24) is 14.9 Å². The molecule has 2 aliphatic heterocycles. The number of rotatable bonds is 4. The van der Waals surface area contributed by atoms with Crippen LogP contribution in [0.5, 0.6) is 5.75 Å². The third-order valence-corrected chi connectivity index (χ3v) is 5.83. The van der Waals surface area contributed by atoms with E-state index in [9.17, 15) is 19.5 Å². The molecule has 37 heavy (non-hydrogen) atoms. The van der Waals surface area contributed by atoms with E-state index in [0.717, 1.165) is 4.90 Å². The van der Waals surface area contributed by atoms with Crippen LogP contribution in [0.15, 0.2) is 0 Å². The zero-order valence-electron chi connectivity index (χ0n) is 22.8. The van der Waals surface area contributed by atoms with Crippen LogP contribution in [0.25, 0.3) is 0 Å². The Morgan fingerprint density at radius 3 is 2.30 bits per heavy atom. The quantitative estimate of drug-likeness (QED) is 0.596. The average molecular weight is 523 g/mol. The van der Waals surface area contributed by atoms with Crippen molar-refractivity contribution in [3.05, 3.63) is 0 Å².